The zero-order valence-corrected chi connectivity index (χ0v) is 45.2. The fraction of sp³-hybridized carbons (Fsp3) is 0.724. The molecule has 0 bridgehead atoms. The van der Waals surface area contributed by atoms with E-state index in [-0.39, 0.29) is 26.1 Å². The number of rotatable bonds is 49. The van der Waals surface area contributed by atoms with Crippen LogP contribution in [0.5, 0.6) is 0 Å². The molecule has 0 spiro atoms. The largest absolute Gasteiger partial charge is 0.756 e. The number of hydrogen-bond acceptors (Lipinski definition) is 8. The van der Waals surface area contributed by atoms with Crippen LogP contribution >= 0.6 is 7.82 Å². The van der Waals surface area contributed by atoms with Crippen molar-refractivity contribution in [3.63, 3.8) is 0 Å². The van der Waals surface area contributed by atoms with E-state index in [1.807, 2.05) is 21.1 Å². The summed E-state index contributed by atoms with van der Waals surface area (Å²) in [6.45, 7) is 4.02. The molecule has 0 aromatic carbocycles. The Bertz CT molecular complexity index is 1420. The third kappa shape index (κ3) is 52.6. The molecule has 2 atom stereocenters. The highest BCUT2D eigenvalue weighted by atomic mass is 31.2. The zero-order valence-electron chi connectivity index (χ0n) is 44.3. The van der Waals surface area contributed by atoms with Crippen LogP contribution in [-0.4, -0.2) is 70.0 Å². The number of ether oxygens (including phenoxy) is 2. The lowest BCUT2D eigenvalue weighted by Crippen LogP contribution is -2.37. The Hall–Kier alpha value is -2.81. The van der Waals surface area contributed by atoms with Gasteiger partial charge in [0.25, 0.3) is 7.82 Å². The van der Waals surface area contributed by atoms with E-state index in [0.717, 1.165) is 96.3 Å². The van der Waals surface area contributed by atoms with Gasteiger partial charge in [0.2, 0.25) is 0 Å². The molecule has 0 aliphatic carbocycles. The third-order valence-electron chi connectivity index (χ3n) is 11.4. The fourth-order valence-electron chi connectivity index (χ4n) is 7.22. The molecule has 0 aromatic heterocycles. The van der Waals surface area contributed by atoms with E-state index in [1.54, 1.807) is 0 Å². The van der Waals surface area contributed by atoms with Crippen LogP contribution in [-0.2, 0) is 32.7 Å². The number of allylic oxidation sites excluding steroid dienone is 14. The molecular weight excluding hydrogens is 870 g/mol. The molecule has 0 fully saturated rings. The fourth-order valence-corrected chi connectivity index (χ4v) is 7.95. The first-order valence-corrected chi connectivity index (χ1v) is 28.8. The molecule has 0 saturated heterocycles. The van der Waals surface area contributed by atoms with Crippen molar-refractivity contribution < 1.29 is 42.1 Å². The SMILES string of the molecule is CC/C=C\C/C=C\C/C=C\C/C=C\C/C=C\C/C=C\C/C=C\CCCCCCCCCCCCCCCCCCCC(=O)OC(COC(=O)CCCCCCC)COP(=O)([O-])OCC[N+](C)(C)C. The normalized spacial score (nSPS) is 14.0. The van der Waals surface area contributed by atoms with Gasteiger partial charge in [-0.2, -0.15) is 0 Å². The van der Waals surface area contributed by atoms with Crippen LogP contribution in [0.2, 0.25) is 0 Å². The molecule has 0 amide bonds. The summed E-state index contributed by atoms with van der Waals surface area (Å²) in [6, 6.07) is 0. The van der Waals surface area contributed by atoms with Gasteiger partial charge in [0, 0.05) is 12.8 Å². The van der Waals surface area contributed by atoms with Gasteiger partial charge >= 0.3 is 11.9 Å². The molecule has 9 nitrogen and oxygen atoms in total. The van der Waals surface area contributed by atoms with E-state index in [4.69, 9.17) is 18.5 Å². The number of phosphoric ester groups is 1. The molecule has 68 heavy (non-hydrogen) atoms. The molecule has 0 radical (unpaired) electrons. The Balaban J connectivity index is 3.83. The van der Waals surface area contributed by atoms with Gasteiger partial charge in [0.05, 0.1) is 27.7 Å². The Morgan fingerprint density at radius 1 is 0.471 bits per heavy atom. The van der Waals surface area contributed by atoms with Gasteiger partial charge < -0.3 is 27.9 Å². The van der Waals surface area contributed by atoms with Gasteiger partial charge in [-0.3, -0.25) is 14.2 Å². The van der Waals surface area contributed by atoms with Crippen molar-refractivity contribution in [1.82, 2.24) is 0 Å². The van der Waals surface area contributed by atoms with E-state index >= 15 is 0 Å². The van der Waals surface area contributed by atoms with E-state index < -0.39 is 32.5 Å². The van der Waals surface area contributed by atoms with Gasteiger partial charge in [-0.25, -0.2) is 0 Å². The summed E-state index contributed by atoms with van der Waals surface area (Å²) in [4.78, 5) is 37.3. The van der Waals surface area contributed by atoms with Crippen molar-refractivity contribution >= 4 is 19.8 Å². The Morgan fingerprint density at radius 3 is 1.25 bits per heavy atom. The maximum Gasteiger partial charge on any atom is 0.306 e. The second-order valence-corrected chi connectivity index (χ2v) is 20.6. The molecule has 0 N–H and O–H groups in total. The molecule has 2 unspecified atom stereocenters. The number of phosphoric acid groups is 1. The van der Waals surface area contributed by atoms with Gasteiger partial charge in [-0.15, -0.1) is 0 Å². The number of carbonyl (C=O) groups excluding carboxylic acids is 2. The average molecular weight is 972 g/mol. The van der Waals surface area contributed by atoms with Crippen molar-refractivity contribution in [3.05, 3.63) is 85.1 Å². The Kier molecular flexibility index (Phi) is 47.2. The van der Waals surface area contributed by atoms with Crippen LogP contribution in [0.3, 0.4) is 0 Å². The quantitative estimate of drug-likeness (QED) is 0.0195. The molecule has 0 heterocycles. The molecule has 0 rings (SSSR count). The van der Waals surface area contributed by atoms with E-state index in [1.165, 1.54) is 89.9 Å². The minimum atomic E-state index is -4.62. The monoisotopic (exact) mass is 972 g/mol. The van der Waals surface area contributed by atoms with E-state index in [2.05, 4.69) is 98.9 Å². The first-order chi connectivity index (χ1) is 33.0. The summed E-state index contributed by atoms with van der Waals surface area (Å²) in [6.07, 6.45) is 65.6. The minimum absolute atomic E-state index is 0.0316. The second kappa shape index (κ2) is 49.2. The first-order valence-electron chi connectivity index (χ1n) is 27.3. The molecule has 0 aliphatic heterocycles. The predicted octanol–water partition coefficient (Wildman–Crippen LogP) is 16.1. The average Bonchev–Trinajstić information content (AvgIpc) is 3.30. The highest BCUT2D eigenvalue weighted by molar-refractivity contribution is 7.45. The van der Waals surface area contributed by atoms with Crippen molar-refractivity contribution in [3.8, 4) is 0 Å². The van der Waals surface area contributed by atoms with Crippen LogP contribution in [0, 0.1) is 0 Å². The lowest BCUT2D eigenvalue weighted by Gasteiger charge is -2.28. The standard InChI is InChI=1S/C58H102NO8P/c1-6-8-10-12-13-14-15-16-17-18-19-20-21-22-23-24-25-26-27-28-29-30-31-32-33-34-35-36-37-38-39-40-41-42-43-44-45-47-49-51-58(61)67-56(54-64-57(60)50-48-46-11-9-7-2)55-66-68(62,63)65-53-52-59(3,4)5/h8,10,13-14,16-17,19-20,22-23,25-26,28-29,56H,6-7,9,11-12,15,18,21,24,27,30-55H2,1-5H3/b10-8-,14-13-,17-16-,20-19-,23-22-,26-25-,29-28-. The summed E-state index contributed by atoms with van der Waals surface area (Å²) < 4.78 is 33.8. The number of nitrogens with zero attached hydrogens (tertiary/aromatic N) is 1. The van der Waals surface area contributed by atoms with Crippen molar-refractivity contribution in [2.24, 2.45) is 0 Å². The number of likely N-dealkylation sites (N-methyl/N-ethyl adjacent to an activating group) is 1. The summed E-state index contributed by atoms with van der Waals surface area (Å²) in [5, 5.41) is 0. The number of carbonyl (C=O) groups is 2. The Morgan fingerprint density at radius 2 is 0.838 bits per heavy atom. The number of unbranched alkanes of at least 4 members (excludes halogenated alkanes) is 21. The van der Waals surface area contributed by atoms with Crippen LogP contribution in [0.25, 0.3) is 0 Å². The van der Waals surface area contributed by atoms with Crippen LogP contribution in [0.15, 0.2) is 85.1 Å². The summed E-state index contributed by atoms with van der Waals surface area (Å²) >= 11 is 0. The Labute approximate surface area is 418 Å². The maximum absolute atomic E-state index is 12.7. The topological polar surface area (TPSA) is 111 Å². The first kappa shape index (κ1) is 65.2. The van der Waals surface area contributed by atoms with Gasteiger partial charge in [-0.05, 0) is 70.6 Å². The minimum Gasteiger partial charge on any atom is -0.756 e. The highest BCUT2D eigenvalue weighted by Crippen LogP contribution is 2.38. The maximum atomic E-state index is 12.7. The number of quaternary nitrogens is 1. The summed E-state index contributed by atoms with van der Waals surface area (Å²) in [7, 11) is 1.16. The van der Waals surface area contributed by atoms with Gasteiger partial charge in [0.15, 0.2) is 6.10 Å². The molecule has 0 aliphatic rings. The smallest absolute Gasteiger partial charge is 0.306 e. The zero-order chi connectivity index (χ0) is 49.9. The summed E-state index contributed by atoms with van der Waals surface area (Å²) in [5.41, 5.74) is 0. The molecule has 0 aromatic rings. The predicted molar refractivity (Wildman–Crippen MR) is 286 cm³/mol. The third-order valence-corrected chi connectivity index (χ3v) is 12.4. The molecule has 10 heteroatoms. The molecule has 0 saturated carbocycles. The molecular formula is C58H102NO8P. The van der Waals surface area contributed by atoms with Crippen LogP contribution in [0.4, 0.5) is 0 Å². The summed E-state index contributed by atoms with van der Waals surface area (Å²) in [5.74, 6) is -0.846. The van der Waals surface area contributed by atoms with Crippen molar-refractivity contribution in [2.75, 3.05) is 47.5 Å². The van der Waals surface area contributed by atoms with Crippen molar-refractivity contribution in [1.29, 1.82) is 0 Å². The van der Waals surface area contributed by atoms with Crippen LogP contribution < -0.4 is 4.89 Å². The number of esters is 2. The van der Waals surface area contributed by atoms with Crippen LogP contribution in [0.1, 0.15) is 219 Å². The van der Waals surface area contributed by atoms with E-state index in [9.17, 15) is 19.0 Å². The second-order valence-electron chi connectivity index (χ2n) is 19.2. The molecule has 392 valence electrons. The van der Waals surface area contributed by atoms with Crippen molar-refractivity contribution in [2.45, 2.75) is 225 Å². The van der Waals surface area contributed by atoms with Gasteiger partial charge in [-0.1, -0.05) is 221 Å². The lowest BCUT2D eigenvalue weighted by atomic mass is 10.0. The van der Waals surface area contributed by atoms with Gasteiger partial charge in [0.1, 0.15) is 19.8 Å². The van der Waals surface area contributed by atoms with E-state index in [0.29, 0.717) is 17.4 Å². The number of hydrogen-bond donors (Lipinski definition) is 0. The highest BCUT2D eigenvalue weighted by Gasteiger charge is 2.21. The lowest BCUT2D eigenvalue weighted by molar-refractivity contribution is -0.870.